The number of allylic oxidation sites excluding steroid dienone is 1. The van der Waals surface area contributed by atoms with Crippen molar-refractivity contribution in [3.05, 3.63) is 35.6 Å². The predicted octanol–water partition coefficient (Wildman–Crippen LogP) is 2.49. The number of benzene rings is 1. The number of hydrogen-bond acceptors (Lipinski definition) is 2. The van der Waals surface area contributed by atoms with E-state index in [-0.39, 0.29) is 0 Å². The van der Waals surface area contributed by atoms with Gasteiger partial charge in [0.1, 0.15) is 5.75 Å². The summed E-state index contributed by atoms with van der Waals surface area (Å²) in [7, 11) is 0. The molecule has 0 unspecified atom stereocenters. The molecule has 1 aliphatic heterocycles. The van der Waals surface area contributed by atoms with E-state index in [4.69, 9.17) is 4.74 Å². The van der Waals surface area contributed by atoms with E-state index in [1.807, 2.05) is 18.2 Å². The molecular weight excluding hydrogens is 168 g/mol. The highest BCUT2D eigenvalue weighted by atomic mass is 32.1. The molecule has 0 radical (unpaired) electrons. The Labute approximate surface area is 76.7 Å². The first-order chi connectivity index (χ1) is 5.90. The number of thiocarbonyl (C=S) groups is 1. The van der Waals surface area contributed by atoms with E-state index >= 15 is 0 Å². The molecule has 0 fully saturated rings. The van der Waals surface area contributed by atoms with Crippen LogP contribution in [0.3, 0.4) is 0 Å². The van der Waals surface area contributed by atoms with E-state index < -0.39 is 0 Å². The van der Waals surface area contributed by atoms with E-state index in [9.17, 15) is 0 Å². The molecule has 1 aromatic carbocycles. The second-order valence-electron chi connectivity index (χ2n) is 2.74. The van der Waals surface area contributed by atoms with Gasteiger partial charge in [-0.2, -0.15) is 0 Å². The van der Waals surface area contributed by atoms with E-state index in [1.165, 1.54) is 5.56 Å². The lowest BCUT2D eigenvalue weighted by Crippen LogP contribution is -2.06. The van der Waals surface area contributed by atoms with Gasteiger partial charge in [-0.15, -0.1) is 0 Å². The van der Waals surface area contributed by atoms with Gasteiger partial charge in [0.2, 0.25) is 0 Å². The fourth-order valence-corrected chi connectivity index (χ4v) is 1.46. The molecule has 0 saturated heterocycles. The zero-order chi connectivity index (χ0) is 8.39. The molecule has 2 rings (SSSR count). The highest BCUT2D eigenvalue weighted by molar-refractivity contribution is 7.78. The molecule has 0 saturated carbocycles. The lowest BCUT2D eigenvalue weighted by Gasteiger charge is -2.16. The van der Waals surface area contributed by atoms with Crippen LogP contribution in [0.25, 0.3) is 0 Å². The monoisotopic (exact) mass is 176 g/mol. The van der Waals surface area contributed by atoms with Gasteiger partial charge in [-0.05, 0) is 35.3 Å². The molecule has 0 N–H and O–H groups in total. The second-order valence-corrected chi connectivity index (χ2v) is 2.94. The molecule has 0 aliphatic carbocycles. The minimum absolute atomic E-state index is 0.781. The summed E-state index contributed by atoms with van der Waals surface area (Å²) in [6, 6.07) is 8.02. The Morgan fingerprint density at radius 3 is 2.92 bits per heavy atom. The van der Waals surface area contributed by atoms with Crippen LogP contribution in [-0.4, -0.2) is 5.02 Å². The van der Waals surface area contributed by atoms with Crippen LogP contribution >= 0.6 is 12.2 Å². The van der Waals surface area contributed by atoms with Crippen molar-refractivity contribution < 1.29 is 4.74 Å². The first-order valence-corrected chi connectivity index (χ1v) is 4.31. The first-order valence-electron chi connectivity index (χ1n) is 3.90. The Morgan fingerprint density at radius 1 is 1.25 bits per heavy atom. The van der Waals surface area contributed by atoms with Gasteiger partial charge in [-0.3, -0.25) is 0 Å². The van der Waals surface area contributed by atoms with Crippen molar-refractivity contribution in [2.45, 2.75) is 12.8 Å². The number of ether oxygens (including phenoxy) is 1. The third-order valence-electron chi connectivity index (χ3n) is 1.94. The van der Waals surface area contributed by atoms with Crippen molar-refractivity contribution >= 4 is 17.2 Å². The lowest BCUT2D eigenvalue weighted by atomic mass is 10.1. The standard InChI is InChI=1S/C10H8OS/c12-7-9-6-5-8-3-1-2-4-10(8)11-9/h1-4H,5-6H2. The van der Waals surface area contributed by atoms with E-state index in [2.05, 4.69) is 23.3 Å². The van der Waals surface area contributed by atoms with Crippen LogP contribution in [0.2, 0.25) is 0 Å². The van der Waals surface area contributed by atoms with Crippen LogP contribution < -0.4 is 4.74 Å². The molecule has 0 bridgehead atoms. The highest BCUT2D eigenvalue weighted by Gasteiger charge is 2.12. The third-order valence-corrected chi connectivity index (χ3v) is 2.17. The average molecular weight is 176 g/mol. The Morgan fingerprint density at radius 2 is 2.08 bits per heavy atom. The number of para-hydroxylation sites is 1. The lowest BCUT2D eigenvalue weighted by molar-refractivity contribution is 0.387. The minimum atomic E-state index is 0.781. The smallest absolute Gasteiger partial charge is 0.157 e. The van der Waals surface area contributed by atoms with E-state index in [1.54, 1.807) is 0 Å². The zero-order valence-electron chi connectivity index (χ0n) is 6.54. The number of fused-ring (bicyclic) bond motifs is 1. The summed E-state index contributed by atoms with van der Waals surface area (Å²) in [5, 5.41) is 2.62. The van der Waals surface area contributed by atoms with Crippen molar-refractivity contribution in [1.29, 1.82) is 0 Å². The van der Waals surface area contributed by atoms with Gasteiger partial charge >= 0.3 is 0 Å². The van der Waals surface area contributed by atoms with Crippen LogP contribution in [0.4, 0.5) is 0 Å². The summed E-state index contributed by atoms with van der Waals surface area (Å²) in [6.07, 6.45) is 1.88. The highest BCUT2D eigenvalue weighted by Crippen LogP contribution is 2.27. The molecule has 0 amide bonds. The first kappa shape index (κ1) is 7.53. The number of rotatable bonds is 0. The van der Waals surface area contributed by atoms with Gasteiger partial charge in [0.15, 0.2) is 5.76 Å². The Kier molecular flexibility index (Phi) is 1.94. The molecule has 12 heavy (non-hydrogen) atoms. The topological polar surface area (TPSA) is 9.23 Å². The summed E-state index contributed by atoms with van der Waals surface area (Å²) in [5.74, 6) is 1.71. The van der Waals surface area contributed by atoms with E-state index in [0.29, 0.717) is 0 Å². The van der Waals surface area contributed by atoms with Gasteiger partial charge < -0.3 is 4.74 Å². The fourth-order valence-electron chi connectivity index (χ4n) is 1.31. The van der Waals surface area contributed by atoms with Gasteiger partial charge in [0.05, 0.1) is 0 Å². The molecule has 60 valence electrons. The van der Waals surface area contributed by atoms with E-state index in [0.717, 1.165) is 24.4 Å². The molecule has 1 heterocycles. The van der Waals surface area contributed by atoms with Crippen molar-refractivity contribution in [2.24, 2.45) is 0 Å². The fraction of sp³-hybridized carbons (Fsp3) is 0.200. The predicted molar refractivity (Wildman–Crippen MR) is 51.5 cm³/mol. The molecule has 0 spiro atoms. The van der Waals surface area contributed by atoms with Crippen LogP contribution in [-0.2, 0) is 6.42 Å². The van der Waals surface area contributed by atoms with Crippen LogP contribution in [0.5, 0.6) is 5.75 Å². The SMILES string of the molecule is S=C=C1CCc2ccccc2O1. The summed E-state index contributed by atoms with van der Waals surface area (Å²) in [6.45, 7) is 0. The maximum absolute atomic E-state index is 5.48. The average Bonchev–Trinajstić information content (AvgIpc) is 2.17. The summed E-state index contributed by atoms with van der Waals surface area (Å²) >= 11 is 4.69. The zero-order valence-corrected chi connectivity index (χ0v) is 7.36. The largest absolute Gasteiger partial charge is 0.452 e. The molecule has 2 heteroatoms. The Balaban J connectivity index is 2.41. The molecule has 1 aromatic rings. The third kappa shape index (κ3) is 1.27. The van der Waals surface area contributed by atoms with Crippen molar-refractivity contribution in [3.63, 3.8) is 0 Å². The van der Waals surface area contributed by atoms with Crippen LogP contribution in [0.1, 0.15) is 12.0 Å². The van der Waals surface area contributed by atoms with Crippen LogP contribution in [0, 0.1) is 0 Å². The molecule has 1 aliphatic rings. The summed E-state index contributed by atoms with van der Waals surface area (Å²) in [5.41, 5.74) is 1.26. The normalized spacial score (nSPS) is 14.5. The van der Waals surface area contributed by atoms with Gasteiger partial charge in [-0.1, -0.05) is 18.2 Å². The quantitative estimate of drug-likeness (QED) is 0.562. The van der Waals surface area contributed by atoms with Gasteiger partial charge in [0.25, 0.3) is 0 Å². The van der Waals surface area contributed by atoms with Crippen molar-refractivity contribution in [2.75, 3.05) is 0 Å². The van der Waals surface area contributed by atoms with Crippen molar-refractivity contribution in [1.82, 2.24) is 0 Å². The molecule has 1 nitrogen and oxygen atoms in total. The summed E-state index contributed by atoms with van der Waals surface area (Å²) < 4.78 is 5.48. The Bertz CT molecular complexity index is 351. The van der Waals surface area contributed by atoms with Crippen LogP contribution in [0.15, 0.2) is 30.0 Å². The minimum Gasteiger partial charge on any atom is -0.452 e. The molecule has 0 atom stereocenters. The maximum Gasteiger partial charge on any atom is 0.157 e. The van der Waals surface area contributed by atoms with Crippen molar-refractivity contribution in [3.8, 4) is 5.75 Å². The van der Waals surface area contributed by atoms with Gasteiger partial charge in [0, 0.05) is 6.42 Å². The number of aryl methyl sites for hydroxylation is 1. The molecule has 0 aromatic heterocycles. The second kappa shape index (κ2) is 3.10. The summed E-state index contributed by atoms with van der Waals surface area (Å²) in [4.78, 5) is 0. The molecular formula is C10H8OS. The maximum atomic E-state index is 5.48. The van der Waals surface area contributed by atoms with Gasteiger partial charge in [-0.25, -0.2) is 0 Å². The number of hydrogen-bond donors (Lipinski definition) is 0. The Hall–Kier alpha value is -1.11.